The van der Waals surface area contributed by atoms with Gasteiger partial charge in [-0.05, 0) is 63.7 Å². The molecule has 1 aromatic rings. The van der Waals surface area contributed by atoms with Crippen LogP contribution >= 0.6 is 0 Å². The van der Waals surface area contributed by atoms with Gasteiger partial charge in [-0.25, -0.2) is 0 Å². The maximum absolute atomic E-state index is 13.4. The van der Waals surface area contributed by atoms with Crippen molar-refractivity contribution in [3.63, 3.8) is 0 Å². The van der Waals surface area contributed by atoms with Gasteiger partial charge < -0.3 is 23.4 Å². The standard InChI is InChI=1S/C32H44O7/c1-6-7-17-38-18-11-14-26-27(39-31(22(2)30(26)34)24-12-9-8-10-13-24)21-25(33)16-15-23-19-28(35-3)32(37-5)29(20-23)36-4/h6-7,11,14-16,18,21,23-24,28-29,32H,8-10,12-13,17,19-20H2,1-5H3/b7-6+,16-15+,18-11+,26-14+,27-21-. The predicted octanol–water partition coefficient (Wildman–Crippen LogP) is 4.24. The van der Waals surface area contributed by atoms with Crippen molar-refractivity contribution < 1.29 is 28.2 Å². The fourth-order valence-electron chi connectivity index (χ4n) is 5.62. The van der Waals surface area contributed by atoms with Crippen LogP contribution in [0, 0.1) is 12.8 Å². The van der Waals surface area contributed by atoms with Crippen molar-refractivity contribution in [2.45, 2.75) is 83.0 Å². The van der Waals surface area contributed by atoms with Crippen molar-refractivity contribution in [1.29, 1.82) is 0 Å². The second kappa shape index (κ2) is 15.8. The van der Waals surface area contributed by atoms with Gasteiger partial charge in [0.1, 0.15) is 23.9 Å². The van der Waals surface area contributed by atoms with E-state index >= 15 is 0 Å². The Hall–Kier alpha value is -2.74. The van der Waals surface area contributed by atoms with Gasteiger partial charge in [-0.3, -0.25) is 9.59 Å². The van der Waals surface area contributed by atoms with E-state index in [1.54, 1.807) is 39.6 Å². The highest BCUT2D eigenvalue weighted by atomic mass is 16.6. The summed E-state index contributed by atoms with van der Waals surface area (Å²) < 4.78 is 28.6. The molecule has 0 spiro atoms. The summed E-state index contributed by atoms with van der Waals surface area (Å²) in [6.07, 6.45) is 20.0. The molecule has 0 aliphatic heterocycles. The highest BCUT2D eigenvalue weighted by molar-refractivity contribution is 6.13. The van der Waals surface area contributed by atoms with Crippen LogP contribution in [-0.2, 0) is 23.7 Å². The quantitative estimate of drug-likeness (QED) is 0.180. The van der Waals surface area contributed by atoms with E-state index < -0.39 is 0 Å². The van der Waals surface area contributed by atoms with Crippen molar-refractivity contribution in [1.82, 2.24) is 0 Å². The van der Waals surface area contributed by atoms with Crippen molar-refractivity contribution in [2.24, 2.45) is 5.92 Å². The summed E-state index contributed by atoms with van der Waals surface area (Å²) in [5.41, 5.74) is 0.779. The van der Waals surface area contributed by atoms with Gasteiger partial charge >= 0.3 is 0 Å². The minimum absolute atomic E-state index is 0.0924. The highest BCUT2D eigenvalue weighted by Gasteiger charge is 2.37. The van der Waals surface area contributed by atoms with E-state index in [2.05, 4.69) is 0 Å². The molecule has 7 nitrogen and oxygen atoms in total. The smallest absolute Gasteiger partial charge is 0.195 e. The highest BCUT2D eigenvalue weighted by Crippen LogP contribution is 2.33. The van der Waals surface area contributed by atoms with E-state index in [0.717, 1.165) is 38.5 Å². The molecule has 39 heavy (non-hydrogen) atoms. The average molecular weight is 541 g/mol. The molecule has 7 heteroatoms. The lowest BCUT2D eigenvalue weighted by Crippen LogP contribution is -2.47. The second-order valence-electron chi connectivity index (χ2n) is 10.3. The summed E-state index contributed by atoms with van der Waals surface area (Å²) in [6.45, 7) is 4.18. The number of hydrogen-bond donors (Lipinski definition) is 0. The molecule has 0 N–H and O–H groups in total. The molecular weight excluding hydrogens is 496 g/mol. The number of carbonyl (C=O) groups is 1. The van der Waals surface area contributed by atoms with Gasteiger partial charge in [0.2, 0.25) is 0 Å². The normalized spacial score (nSPS) is 25.9. The Bertz CT molecular complexity index is 1190. The first kappa shape index (κ1) is 30.8. The van der Waals surface area contributed by atoms with Gasteiger partial charge in [-0.2, -0.15) is 0 Å². The van der Waals surface area contributed by atoms with Gasteiger partial charge in [0, 0.05) is 38.9 Å². The third-order valence-corrected chi connectivity index (χ3v) is 7.77. The molecule has 2 saturated carbocycles. The number of hydrogen-bond acceptors (Lipinski definition) is 7. The summed E-state index contributed by atoms with van der Waals surface area (Å²) in [5.74, 6) is 0.758. The van der Waals surface area contributed by atoms with Crippen LogP contribution in [-0.4, -0.2) is 52.0 Å². The van der Waals surface area contributed by atoms with E-state index in [1.807, 2.05) is 32.1 Å². The van der Waals surface area contributed by atoms with Crippen LogP contribution in [0.4, 0.5) is 0 Å². The van der Waals surface area contributed by atoms with Crippen LogP contribution in [0.25, 0.3) is 12.2 Å². The van der Waals surface area contributed by atoms with Crippen LogP contribution in [0.15, 0.2) is 45.9 Å². The molecule has 0 bridgehead atoms. The minimum Gasteiger partial charge on any atom is -0.497 e. The number of methoxy groups -OCH3 is 3. The van der Waals surface area contributed by atoms with Crippen molar-refractivity contribution in [2.75, 3.05) is 27.9 Å². The zero-order valence-corrected chi connectivity index (χ0v) is 24.0. The van der Waals surface area contributed by atoms with Gasteiger partial charge in [-0.15, -0.1) is 0 Å². The molecule has 2 aliphatic carbocycles. The Labute approximate surface area is 231 Å². The van der Waals surface area contributed by atoms with E-state index in [-0.39, 0.29) is 46.8 Å². The van der Waals surface area contributed by atoms with Crippen molar-refractivity contribution in [3.05, 3.63) is 68.8 Å². The number of ketones is 1. The minimum atomic E-state index is -0.239. The van der Waals surface area contributed by atoms with Crippen LogP contribution in [0.3, 0.4) is 0 Å². The fourth-order valence-corrected chi connectivity index (χ4v) is 5.62. The first-order valence-electron chi connectivity index (χ1n) is 14.0. The summed E-state index contributed by atoms with van der Waals surface area (Å²) in [5, 5.41) is 0.346. The zero-order chi connectivity index (χ0) is 28.2. The van der Waals surface area contributed by atoms with Gasteiger partial charge in [0.25, 0.3) is 0 Å². The Morgan fingerprint density at radius 2 is 1.72 bits per heavy atom. The maximum Gasteiger partial charge on any atom is 0.195 e. The maximum atomic E-state index is 13.4. The zero-order valence-electron chi connectivity index (χ0n) is 24.0. The summed E-state index contributed by atoms with van der Waals surface area (Å²) >= 11 is 0. The molecule has 0 saturated heterocycles. The molecule has 0 aromatic carbocycles. The van der Waals surface area contributed by atoms with Crippen LogP contribution < -0.4 is 16.1 Å². The second-order valence-corrected chi connectivity index (χ2v) is 10.3. The van der Waals surface area contributed by atoms with Crippen molar-refractivity contribution in [3.8, 4) is 0 Å². The third-order valence-electron chi connectivity index (χ3n) is 7.77. The fraction of sp³-hybridized carbons (Fsp3) is 0.562. The molecule has 2 aliphatic rings. The molecule has 2 fully saturated rings. The van der Waals surface area contributed by atoms with Crippen molar-refractivity contribution >= 4 is 17.9 Å². The number of carbonyl (C=O) groups excluding carboxylic acids is 1. The molecule has 0 radical (unpaired) electrons. The predicted molar refractivity (Wildman–Crippen MR) is 153 cm³/mol. The van der Waals surface area contributed by atoms with E-state index in [0.29, 0.717) is 23.1 Å². The number of ether oxygens (including phenoxy) is 4. The molecule has 2 atom stereocenters. The van der Waals surface area contributed by atoms with Gasteiger partial charge in [-0.1, -0.05) is 37.5 Å². The number of rotatable bonds is 11. The summed E-state index contributed by atoms with van der Waals surface area (Å²) in [4.78, 5) is 26.5. The van der Waals surface area contributed by atoms with E-state index in [1.165, 1.54) is 18.8 Å². The van der Waals surface area contributed by atoms with Gasteiger partial charge in [0.05, 0.1) is 23.7 Å². The Kier molecular flexibility index (Phi) is 12.4. The molecular formula is C32H44O7. The lowest BCUT2D eigenvalue weighted by molar-refractivity contribution is -0.136. The lowest BCUT2D eigenvalue weighted by Gasteiger charge is -2.38. The van der Waals surface area contributed by atoms with Crippen LogP contribution in [0.2, 0.25) is 0 Å². The lowest BCUT2D eigenvalue weighted by atomic mass is 9.82. The van der Waals surface area contributed by atoms with E-state index in [4.69, 9.17) is 23.4 Å². The summed E-state index contributed by atoms with van der Waals surface area (Å²) in [7, 11) is 4.98. The molecule has 3 rings (SSSR count). The third kappa shape index (κ3) is 8.37. The Morgan fingerprint density at radius 1 is 1.03 bits per heavy atom. The average Bonchev–Trinajstić information content (AvgIpc) is 2.96. The largest absolute Gasteiger partial charge is 0.497 e. The molecule has 214 valence electrons. The molecule has 1 heterocycles. The first-order chi connectivity index (χ1) is 18.9. The Morgan fingerprint density at radius 3 is 2.33 bits per heavy atom. The van der Waals surface area contributed by atoms with Crippen LogP contribution in [0.1, 0.15) is 69.1 Å². The number of allylic oxidation sites excluding steroid dienone is 4. The molecule has 1 aromatic heterocycles. The molecule has 2 unspecified atom stereocenters. The SMILES string of the molecule is C/C=C/CO/C=C/C=c1/c(=O)c(C)c(C2CCCCC2)o/c1=C\C(=O)/C=C/C1CC(OC)C(OC)C(OC)C1. The van der Waals surface area contributed by atoms with E-state index in [9.17, 15) is 9.59 Å². The first-order valence-corrected chi connectivity index (χ1v) is 14.0. The monoisotopic (exact) mass is 540 g/mol. The Balaban J connectivity index is 1.94. The summed E-state index contributed by atoms with van der Waals surface area (Å²) in [6, 6.07) is 0. The topological polar surface area (TPSA) is 84.2 Å². The molecule has 0 amide bonds. The van der Waals surface area contributed by atoms with Crippen LogP contribution in [0.5, 0.6) is 0 Å². The van der Waals surface area contributed by atoms with Gasteiger partial charge in [0.15, 0.2) is 11.2 Å².